The van der Waals surface area contributed by atoms with Gasteiger partial charge in [0.15, 0.2) is 0 Å². The third-order valence-corrected chi connectivity index (χ3v) is 3.79. The van der Waals surface area contributed by atoms with Gasteiger partial charge in [0, 0.05) is 23.2 Å². The van der Waals surface area contributed by atoms with Crippen LogP contribution < -0.4 is 10.9 Å². The largest absolute Gasteiger partial charge is 0.383 e. The van der Waals surface area contributed by atoms with Gasteiger partial charge >= 0.3 is 0 Å². The van der Waals surface area contributed by atoms with Crippen molar-refractivity contribution >= 4 is 32.7 Å². The normalized spacial score (nSPS) is 10.7. The van der Waals surface area contributed by atoms with Crippen LogP contribution in [0.1, 0.15) is 0 Å². The van der Waals surface area contributed by atoms with E-state index in [-0.39, 0.29) is 5.56 Å². The van der Waals surface area contributed by atoms with E-state index in [1.807, 2.05) is 48.5 Å². The molecule has 0 spiro atoms. The first-order valence-corrected chi connectivity index (χ1v) is 7.47. The summed E-state index contributed by atoms with van der Waals surface area (Å²) in [5.74, 6) is 0. The predicted octanol–water partition coefficient (Wildman–Crippen LogP) is 3.27. The quantitative estimate of drug-likeness (QED) is 0.790. The Labute approximate surface area is 130 Å². The summed E-state index contributed by atoms with van der Waals surface area (Å²) in [7, 11) is 0. The SMILES string of the molecule is O=c1cnc2ccccc2n1CCNc1ccc(Br)cc1. The van der Waals surface area contributed by atoms with E-state index in [0.717, 1.165) is 21.2 Å². The van der Waals surface area contributed by atoms with Gasteiger partial charge in [-0.3, -0.25) is 4.79 Å². The minimum atomic E-state index is -0.0775. The van der Waals surface area contributed by atoms with Gasteiger partial charge in [0.25, 0.3) is 5.56 Å². The van der Waals surface area contributed by atoms with Crippen molar-refractivity contribution in [3.63, 3.8) is 0 Å². The standard InChI is InChI=1S/C16H14BrN3O/c17-12-5-7-13(8-6-12)18-9-10-20-15-4-2-1-3-14(15)19-11-16(20)21/h1-8,11,18H,9-10H2. The molecule has 1 N–H and O–H groups in total. The van der Waals surface area contributed by atoms with Crippen LogP contribution in [-0.4, -0.2) is 16.1 Å². The lowest BCUT2D eigenvalue weighted by molar-refractivity contribution is 0.721. The number of nitrogens with zero attached hydrogens (tertiary/aromatic N) is 2. The highest BCUT2D eigenvalue weighted by molar-refractivity contribution is 9.10. The molecule has 0 radical (unpaired) electrons. The van der Waals surface area contributed by atoms with Gasteiger partial charge in [0.2, 0.25) is 0 Å². The highest BCUT2D eigenvalue weighted by Crippen LogP contribution is 2.14. The number of anilines is 1. The Bertz CT molecular complexity index is 812. The molecule has 0 aliphatic heterocycles. The molecule has 0 unspecified atom stereocenters. The van der Waals surface area contributed by atoms with Crippen LogP contribution in [0.25, 0.3) is 11.0 Å². The molecule has 4 nitrogen and oxygen atoms in total. The maximum Gasteiger partial charge on any atom is 0.269 e. The Hall–Kier alpha value is -2.14. The molecule has 0 saturated carbocycles. The van der Waals surface area contributed by atoms with Gasteiger partial charge in [0.1, 0.15) is 0 Å². The number of aromatic nitrogens is 2. The van der Waals surface area contributed by atoms with Crippen molar-refractivity contribution in [1.82, 2.24) is 9.55 Å². The van der Waals surface area contributed by atoms with Crippen LogP contribution in [0.2, 0.25) is 0 Å². The summed E-state index contributed by atoms with van der Waals surface area (Å²) >= 11 is 3.41. The summed E-state index contributed by atoms with van der Waals surface area (Å²) in [6, 6.07) is 15.6. The lowest BCUT2D eigenvalue weighted by Crippen LogP contribution is -2.24. The lowest BCUT2D eigenvalue weighted by Gasteiger charge is -2.11. The van der Waals surface area contributed by atoms with Gasteiger partial charge < -0.3 is 9.88 Å². The fourth-order valence-electron chi connectivity index (χ4n) is 2.23. The molecule has 0 saturated heterocycles. The van der Waals surface area contributed by atoms with E-state index in [2.05, 4.69) is 26.2 Å². The third-order valence-electron chi connectivity index (χ3n) is 3.26. The van der Waals surface area contributed by atoms with Crippen molar-refractivity contribution in [1.29, 1.82) is 0 Å². The van der Waals surface area contributed by atoms with Crippen molar-refractivity contribution < 1.29 is 0 Å². The number of fused-ring (bicyclic) bond motifs is 1. The van der Waals surface area contributed by atoms with Crippen LogP contribution in [0.15, 0.2) is 64.0 Å². The molecule has 1 heterocycles. The van der Waals surface area contributed by atoms with Crippen molar-refractivity contribution in [3.05, 3.63) is 69.6 Å². The summed E-state index contributed by atoms with van der Waals surface area (Å²) in [5, 5.41) is 3.31. The van der Waals surface area contributed by atoms with Gasteiger partial charge in [-0.05, 0) is 36.4 Å². The summed E-state index contributed by atoms with van der Waals surface area (Å²) in [6.45, 7) is 1.27. The second-order valence-electron chi connectivity index (χ2n) is 4.67. The zero-order valence-electron chi connectivity index (χ0n) is 11.3. The highest BCUT2D eigenvalue weighted by Gasteiger charge is 2.03. The van der Waals surface area contributed by atoms with Crippen LogP contribution in [0, 0.1) is 0 Å². The van der Waals surface area contributed by atoms with Gasteiger partial charge in [-0.25, -0.2) is 4.98 Å². The van der Waals surface area contributed by atoms with Crippen LogP contribution in [0.4, 0.5) is 5.69 Å². The molecule has 1 aromatic heterocycles. The van der Waals surface area contributed by atoms with E-state index in [1.54, 1.807) is 4.57 Å². The molecule has 3 rings (SSSR count). The zero-order valence-corrected chi connectivity index (χ0v) is 12.9. The number of benzene rings is 2. The maximum absolute atomic E-state index is 12.0. The van der Waals surface area contributed by atoms with E-state index in [0.29, 0.717) is 13.1 Å². The zero-order chi connectivity index (χ0) is 14.7. The number of nitrogens with one attached hydrogen (secondary N) is 1. The van der Waals surface area contributed by atoms with Gasteiger partial charge in [0.05, 0.1) is 17.2 Å². The number of para-hydroxylation sites is 2. The summed E-state index contributed by atoms with van der Waals surface area (Å²) in [6.07, 6.45) is 1.38. The Balaban J connectivity index is 1.77. The Morgan fingerprint density at radius 1 is 1.10 bits per heavy atom. The molecular weight excluding hydrogens is 330 g/mol. The van der Waals surface area contributed by atoms with E-state index in [9.17, 15) is 4.79 Å². The molecule has 0 aliphatic carbocycles. The summed E-state index contributed by atoms with van der Waals surface area (Å²) in [4.78, 5) is 16.1. The molecule has 0 amide bonds. The summed E-state index contributed by atoms with van der Waals surface area (Å²) in [5.41, 5.74) is 2.65. The van der Waals surface area contributed by atoms with Crippen molar-refractivity contribution in [2.75, 3.05) is 11.9 Å². The van der Waals surface area contributed by atoms with Gasteiger partial charge in [-0.15, -0.1) is 0 Å². The fourth-order valence-corrected chi connectivity index (χ4v) is 2.49. The van der Waals surface area contributed by atoms with Gasteiger partial charge in [-0.1, -0.05) is 28.1 Å². The molecule has 21 heavy (non-hydrogen) atoms. The number of hydrogen-bond donors (Lipinski definition) is 1. The Morgan fingerprint density at radius 3 is 2.67 bits per heavy atom. The predicted molar refractivity (Wildman–Crippen MR) is 88.6 cm³/mol. The second kappa shape index (κ2) is 6.10. The third kappa shape index (κ3) is 3.13. The summed E-state index contributed by atoms with van der Waals surface area (Å²) < 4.78 is 2.79. The molecule has 3 aromatic rings. The average Bonchev–Trinajstić information content (AvgIpc) is 2.51. The van der Waals surface area contributed by atoms with Crippen LogP contribution >= 0.6 is 15.9 Å². The molecule has 0 bridgehead atoms. The van der Waals surface area contributed by atoms with E-state index >= 15 is 0 Å². The van der Waals surface area contributed by atoms with Crippen molar-refractivity contribution in [2.45, 2.75) is 6.54 Å². The smallest absolute Gasteiger partial charge is 0.269 e. The number of hydrogen-bond acceptors (Lipinski definition) is 3. The fraction of sp³-hybridized carbons (Fsp3) is 0.125. The number of halogens is 1. The molecule has 0 aliphatic rings. The van der Waals surface area contributed by atoms with E-state index in [4.69, 9.17) is 0 Å². The maximum atomic E-state index is 12.0. The minimum Gasteiger partial charge on any atom is -0.383 e. The van der Waals surface area contributed by atoms with Crippen molar-refractivity contribution in [3.8, 4) is 0 Å². The Morgan fingerprint density at radius 2 is 1.86 bits per heavy atom. The van der Waals surface area contributed by atoms with Crippen LogP contribution in [-0.2, 0) is 6.54 Å². The molecule has 2 aromatic carbocycles. The van der Waals surface area contributed by atoms with Crippen molar-refractivity contribution in [2.24, 2.45) is 0 Å². The molecule has 0 fully saturated rings. The molecule has 0 atom stereocenters. The number of rotatable bonds is 4. The van der Waals surface area contributed by atoms with Crippen LogP contribution in [0.3, 0.4) is 0 Å². The minimum absolute atomic E-state index is 0.0775. The molecule has 106 valence electrons. The van der Waals surface area contributed by atoms with Crippen LogP contribution in [0.5, 0.6) is 0 Å². The van der Waals surface area contributed by atoms with Gasteiger partial charge in [-0.2, -0.15) is 0 Å². The average molecular weight is 344 g/mol. The lowest BCUT2D eigenvalue weighted by atomic mass is 10.3. The first-order valence-electron chi connectivity index (χ1n) is 6.68. The monoisotopic (exact) mass is 343 g/mol. The highest BCUT2D eigenvalue weighted by atomic mass is 79.9. The molecule has 5 heteroatoms. The second-order valence-corrected chi connectivity index (χ2v) is 5.59. The topological polar surface area (TPSA) is 46.9 Å². The van der Waals surface area contributed by atoms with E-state index in [1.165, 1.54) is 6.20 Å². The Kier molecular flexibility index (Phi) is 4.01. The molecular formula is C16H14BrN3O. The first kappa shape index (κ1) is 13.8. The van der Waals surface area contributed by atoms with E-state index < -0.39 is 0 Å². The first-order chi connectivity index (χ1) is 10.2.